The summed E-state index contributed by atoms with van der Waals surface area (Å²) in [5, 5.41) is 41.1. The number of aliphatic hydroxyl groups is 4. The number of allylic oxidation sites excluding steroid dienone is 6. The summed E-state index contributed by atoms with van der Waals surface area (Å²) in [7, 11) is -10.9. The molecule has 2 heterocycles. The van der Waals surface area contributed by atoms with Gasteiger partial charge in [-0.05, 0) is 44.1 Å². The Labute approximate surface area is 387 Å². The van der Waals surface area contributed by atoms with Gasteiger partial charge < -0.3 is 50.2 Å². The summed E-state index contributed by atoms with van der Waals surface area (Å²) in [6.45, 7) is 3.97. The van der Waals surface area contributed by atoms with Gasteiger partial charge in [-0.3, -0.25) is 23.2 Å². The molecule has 66 heavy (non-hydrogen) atoms. The molecule has 0 amide bonds. The minimum Gasteiger partial charge on any atom is -0.462 e. The third-order valence-corrected chi connectivity index (χ3v) is 12.7. The SMILES string of the molecule is CCCCC[C@@H](O)/C=C/C=C\C/C=C\C=C\[C@@H](O)CCCC(=O)O[C@H](COC(=O)CCCCCCCCC(C)C)COP(=O)(O)OP(=O)(O)OC[C@H]1O[C@@H](n2ccc(N)nc2=O)[C@H](O)[C@@H]1O. The molecule has 0 bridgehead atoms. The highest BCUT2D eigenvalue weighted by Gasteiger charge is 2.46. The number of phosphoric acid groups is 2. The minimum absolute atomic E-state index is 0.0733. The second kappa shape index (κ2) is 32.4. The number of esters is 2. The van der Waals surface area contributed by atoms with Gasteiger partial charge in [-0.1, -0.05) is 127 Å². The molecule has 1 saturated heterocycles. The normalized spacial score (nSPS) is 21.2. The molecule has 2 rings (SSSR count). The van der Waals surface area contributed by atoms with E-state index in [1.807, 2.05) is 24.3 Å². The van der Waals surface area contributed by atoms with E-state index in [2.05, 4.69) is 30.1 Å². The third-order valence-electron chi connectivity index (χ3n) is 10.1. The van der Waals surface area contributed by atoms with Crippen molar-refractivity contribution in [2.75, 3.05) is 25.6 Å². The van der Waals surface area contributed by atoms with Crippen molar-refractivity contribution in [3.63, 3.8) is 0 Å². The van der Waals surface area contributed by atoms with Crippen LogP contribution in [-0.2, 0) is 46.3 Å². The first-order valence-corrected chi connectivity index (χ1v) is 25.7. The van der Waals surface area contributed by atoms with E-state index in [1.54, 1.807) is 24.3 Å². The summed E-state index contributed by atoms with van der Waals surface area (Å²) in [6.07, 6.45) is 17.6. The maximum atomic E-state index is 12.8. The van der Waals surface area contributed by atoms with Gasteiger partial charge >= 0.3 is 33.3 Å². The van der Waals surface area contributed by atoms with Crippen LogP contribution in [0.15, 0.2) is 65.7 Å². The van der Waals surface area contributed by atoms with Gasteiger partial charge in [0.25, 0.3) is 0 Å². The molecular formula is C44H73N3O17P2. The fourth-order valence-corrected chi connectivity index (χ4v) is 8.53. The van der Waals surface area contributed by atoms with Crippen LogP contribution in [0.5, 0.6) is 0 Å². The van der Waals surface area contributed by atoms with Gasteiger partial charge in [-0.15, -0.1) is 0 Å². The van der Waals surface area contributed by atoms with E-state index < -0.39 is 95.9 Å². The molecule has 0 aromatic carbocycles. The molecule has 1 aliphatic rings. The van der Waals surface area contributed by atoms with E-state index >= 15 is 0 Å². The van der Waals surface area contributed by atoms with Crippen molar-refractivity contribution >= 4 is 33.4 Å². The molecular weight excluding hydrogens is 904 g/mol. The van der Waals surface area contributed by atoms with E-state index in [0.29, 0.717) is 18.8 Å². The van der Waals surface area contributed by atoms with Crippen molar-refractivity contribution < 1.29 is 76.5 Å². The molecule has 9 atom stereocenters. The van der Waals surface area contributed by atoms with Crippen molar-refractivity contribution in [2.24, 2.45) is 5.92 Å². The molecule has 0 aliphatic carbocycles. The Bertz CT molecular complexity index is 1840. The lowest BCUT2D eigenvalue weighted by Crippen LogP contribution is -2.36. The average Bonchev–Trinajstić information content (AvgIpc) is 3.52. The number of nitrogens with zero attached hydrogens (tertiary/aromatic N) is 2. The van der Waals surface area contributed by atoms with Gasteiger partial charge in [0.15, 0.2) is 12.3 Å². The Hall–Kier alpha value is -3.36. The molecule has 0 radical (unpaired) electrons. The maximum Gasteiger partial charge on any atom is 0.481 e. The number of hydrogen-bond acceptors (Lipinski definition) is 17. The number of ether oxygens (including phenoxy) is 3. The minimum atomic E-state index is -5.47. The Morgan fingerprint density at radius 2 is 1.41 bits per heavy atom. The Morgan fingerprint density at radius 1 is 0.818 bits per heavy atom. The maximum absolute atomic E-state index is 12.8. The van der Waals surface area contributed by atoms with Crippen molar-refractivity contribution in [3.8, 4) is 0 Å². The Morgan fingerprint density at radius 3 is 2.05 bits per heavy atom. The Kier molecular flexibility index (Phi) is 28.8. The van der Waals surface area contributed by atoms with E-state index in [1.165, 1.54) is 6.07 Å². The summed E-state index contributed by atoms with van der Waals surface area (Å²) in [5.74, 6) is -0.898. The molecule has 0 spiro atoms. The number of carbonyl (C=O) groups excluding carboxylic acids is 2. The van der Waals surface area contributed by atoms with Crippen LogP contribution in [0.1, 0.15) is 130 Å². The quantitative estimate of drug-likeness (QED) is 0.0177. The molecule has 0 saturated carbocycles. The number of anilines is 1. The summed E-state index contributed by atoms with van der Waals surface area (Å²) >= 11 is 0. The summed E-state index contributed by atoms with van der Waals surface area (Å²) in [4.78, 5) is 61.6. The standard InChI is InChI=1S/C44H73N3O17P2/c1-4-5-15-22-34(48)23-17-12-7-6-8-13-18-24-35(49)25-20-27-40(51)62-36(30-59-39(50)26-19-14-10-9-11-16-21-33(2)3)31-60-65(55,56)64-66(57,58)61-32-37-41(52)42(53)43(63-37)47-29-28-38(45)46-44(47)54/h7-8,12-13,17-18,23-24,28-29,33-37,41-43,48-49,52-53H,4-6,9-11,14-16,19-22,25-27,30-32H2,1-3H3,(H,55,56)(H,57,58)(H2,45,46,54)/b12-7-,13-8-,23-17+,24-18+/t34-,35-,36-,37-,41-,42-,43-/m1/s1. The number of nitrogens with two attached hydrogens (primary N) is 1. The number of aromatic nitrogens is 2. The molecule has 1 fully saturated rings. The zero-order valence-electron chi connectivity index (χ0n) is 38.4. The lowest BCUT2D eigenvalue weighted by molar-refractivity contribution is -0.161. The molecule has 376 valence electrons. The molecule has 20 nitrogen and oxygen atoms in total. The van der Waals surface area contributed by atoms with E-state index in [4.69, 9.17) is 29.0 Å². The zero-order chi connectivity index (χ0) is 49.0. The zero-order valence-corrected chi connectivity index (χ0v) is 40.2. The average molecular weight is 978 g/mol. The Balaban J connectivity index is 1.90. The largest absolute Gasteiger partial charge is 0.481 e. The van der Waals surface area contributed by atoms with Gasteiger partial charge in [0.05, 0.1) is 25.4 Å². The van der Waals surface area contributed by atoms with Crippen LogP contribution in [0.25, 0.3) is 0 Å². The van der Waals surface area contributed by atoms with Crippen LogP contribution in [0, 0.1) is 5.92 Å². The molecule has 1 aliphatic heterocycles. The molecule has 1 aromatic heterocycles. The van der Waals surface area contributed by atoms with Crippen LogP contribution in [0.2, 0.25) is 0 Å². The van der Waals surface area contributed by atoms with Gasteiger partial charge in [0.2, 0.25) is 0 Å². The highest BCUT2D eigenvalue weighted by Crippen LogP contribution is 2.60. The summed E-state index contributed by atoms with van der Waals surface area (Å²) in [5.41, 5.74) is 4.55. The number of rotatable bonds is 35. The van der Waals surface area contributed by atoms with Crippen LogP contribution in [-0.4, -0.2) is 108 Å². The van der Waals surface area contributed by atoms with Crippen LogP contribution in [0.3, 0.4) is 0 Å². The van der Waals surface area contributed by atoms with Gasteiger partial charge in [-0.25, -0.2) is 13.9 Å². The van der Waals surface area contributed by atoms with Crippen LogP contribution >= 0.6 is 15.6 Å². The van der Waals surface area contributed by atoms with Crippen molar-refractivity contribution in [1.29, 1.82) is 0 Å². The second-order valence-electron chi connectivity index (χ2n) is 16.4. The second-order valence-corrected chi connectivity index (χ2v) is 19.5. The van der Waals surface area contributed by atoms with E-state index in [9.17, 15) is 53.7 Å². The predicted octanol–water partition coefficient (Wildman–Crippen LogP) is 6.01. The molecule has 8 N–H and O–H groups in total. The summed E-state index contributed by atoms with van der Waals surface area (Å²) in [6, 6.07) is 1.23. The van der Waals surface area contributed by atoms with Gasteiger partial charge in [0, 0.05) is 19.0 Å². The van der Waals surface area contributed by atoms with Crippen LogP contribution < -0.4 is 11.4 Å². The van der Waals surface area contributed by atoms with Crippen molar-refractivity contribution in [3.05, 3.63) is 71.4 Å². The fraction of sp³-hybridized carbons (Fsp3) is 0.682. The lowest BCUT2D eigenvalue weighted by atomic mass is 10.0. The molecule has 22 heteroatoms. The predicted molar refractivity (Wildman–Crippen MR) is 245 cm³/mol. The number of carbonyl (C=O) groups is 2. The number of aliphatic hydroxyl groups excluding tert-OH is 4. The van der Waals surface area contributed by atoms with E-state index in [0.717, 1.165) is 75.0 Å². The van der Waals surface area contributed by atoms with Crippen LogP contribution in [0.4, 0.5) is 5.82 Å². The first-order valence-electron chi connectivity index (χ1n) is 22.7. The number of nitrogen functional groups attached to an aromatic ring is 1. The smallest absolute Gasteiger partial charge is 0.462 e. The lowest BCUT2D eigenvalue weighted by Gasteiger charge is -2.21. The van der Waals surface area contributed by atoms with Gasteiger partial charge in [-0.2, -0.15) is 9.29 Å². The third kappa shape index (κ3) is 26.3. The first-order chi connectivity index (χ1) is 31.3. The number of phosphoric ester groups is 2. The topological polar surface area (TPSA) is 306 Å². The first kappa shape index (κ1) is 58.8. The van der Waals surface area contributed by atoms with Gasteiger partial charge in [0.1, 0.15) is 30.7 Å². The highest BCUT2D eigenvalue weighted by atomic mass is 31.3. The van der Waals surface area contributed by atoms with Crippen molar-refractivity contribution in [1.82, 2.24) is 9.55 Å². The number of hydrogen-bond donors (Lipinski definition) is 7. The van der Waals surface area contributed by atoms with E-state index in [-0.39, 0.29) is 31.5 Å². The fourth-order valence-electron chi connectivity index (χ4n) is 6.42. The van der Waals surface area contributed by atoms with Crippen molar-refractivity contribution in [2.45, 2.75) is 166 Å². The number of unbranched alkanes of at least 4 members (excludes halogenated alkanes) is 7. The summed E-state index contributed by atoms with van der Waals surface area (Å²) < 4.78 is 56.3. The highest BCUT2D eigenvalue weighted by molar-refractivity contribution is 7.61. The molecule has 1 aromatic rings. The monoisotopic (exact) mass is 977 g/mol. The molecule has 2 unspecified atom stereocenters.